The fraction of sp³-hybridized carbons (Fsp3) is 0.0667. The molecule has 0 aliphatic heterocycles. The molecular weight excluding hydrogens is 256 g/mol. The Morgan fingerprint density at radius 3 is 2.32 bits per heavy atom. The van der Waals surface area contributed by atoms with Crippen LogP contribution in [-0.4, -0.2) is 5.91 Å². The number of thiol groups is 1. The van der Waals surface area contributed by atoms with E-state index in [-0.39, 0.29) is 5.91 Å². The number of amides is 1. The number of rotatable bonds is 3. The lowest BCUT2D eigenvalue weighted by molar-refractivity contribution is 0.0951. The Bertz CT molecular complexity index is 612. The Labute approximate surface area is 117 Å². The van der Waals surface area contributed by atoms with Gasteiger partial charge < -0.3 is 5.32 Å². The van der Waals surface area contributed by atoms with Crippen molar-refractivity contribution in [1.29, 1.82) is 5.26 Å². The minimum Gasteiger partial charge on any atom is -0.348 e. The van der Waals surface area contributed by atoms with E-state index in [0.29, 0.717) is 17.7 Å². The lowest BCUT2D eigenvalue weighted by atomic mass is 10.1. The van der Waals surface area contributed by atoms with Gasteiger partial charge in [0.25, 0.3) is 5.91 Å². The van der Waals surface area contributed by atoms with E-state index in [9.17, 15) is 4.79 Å². The minimum absolute atomic E-state index is 0.127. The molecule has 2 aromatic carbocycles. The molecular formula is C15H12N2OS. The summed E-state index contributed by atoms with van der Waals surface area (Å²) in [5.41, 5.74) is 2.17. The number of hydrogen-bond acceptors (Lipinski definition) is 3. The molecule has 0 saturated carbocycles. The van der Waals surface area contributed by atoms with Crippen LogP contribution in [0.5, 0.6) is 0 Å². The summed E-state index contributed by atoms with van der Waals surface area (Å²) < 4.78 is 0. The van der Waals surface area contributed by atoms with Crippen LogP contribution in [0.3, 0.4) is 0 Å². The summed E-state index contributed by atoms with van der Waals surface area (Å²) in [7, 11) is 0. The van der Waals surface area contributed by atoms with Crippen LogP contribution in [0.25, 0.3) is 0 Å². The molecule has 0 bridgehead atoms. The summed E-state index contributed by atoms with van der Waals surface area (Å²) in [6.45, 7) is 0.438. The number of hydrogen-bond donors (Lipinski definition) is 2. The van der Waals surface area contributed by atoms with Crippen molar-refractivity contribution < 1.29 is 4.79 Å². The zero-order valence-electron chi connectivity index (χ0n) is 10.1. The van der Waals surface area contributed by atoms with Gasteiger partial charge >= 0.3 is 0 Å². The standard InChI is InChI=1S/C15H12N2OS/c16-9-11-1-3-12(4-2-11)10-17-15(18)13-5-7-14(19)8-6-13/h1-8,19H,10H2,(H,17,18). The fourth-order valence-electron chi connectivity index (χ4n) is 1.59. The van der Waals surface area contributed by atoms with Gasteiger partial charge in [0.05, 0.1) is 11.6 Å². The van der Waals surface area contributed by atoms with Gasteiger partial charge in [0, 0.05) is 17.0 Å². The normalized spacial score (nSPS) is 9.68. The molecule has 2 rings (SSSR count). The number of benzene rings is 2. The predicted octanol–water partition coefficient (Wildman–Crippen LogP) is 2.78. The molecule has 0 unspecified atom stereocenters. The van der Waals surface area contributed by atoms with Crippen molar-refractivity contribution in [2.45, 2.75) is 11.4 Å². The van der Waals surface area contributed by atoms with Crippen LogP contribution < -0.4 is 5.32 Å². The molecule has 4 heteroatoms. The molecule has 94 valence electrons. The second-order valence-corrected chi connectivity index (χ2v) is 4.55. The molecule has 2 aromatic rings. The summed E-state index contributed by atoms with van der Waals surface area (Å²) in [5.74, 6) is -0.127. The molecule has 0 fully saturated rings. The highest BCUT2D eigenvalue weighted by molar-refractivity contribution is 7.80. The summed E-state index contributed by atoms with van der Waals surface area (Å²) in [6.07, 6.45) is 0. The van der Waals surface area contributed by atoms with E-state index in [1.807, 2.05) is 12.1 Å². The third-order valence-electron chi connectivity index (χ3n) is 2.67. The van der Waals surface area contributed by atoms with Gasteiger partial charge in [0.2, 0.25) is 0 Å². The third kappa shape index (κ3) is 3.60. The summed E-state index contributed by atoms with van der Waals surface area (Å²) in [5, 5.41) is 11.5. The van der Waals surface area contributed by atoms with Crippen molar-refractivity contribution in [1.82, 2.24) is 5.32 Å². The molecule has 0 atom stereocenters. The Morgan fingerprint density at radius 2 is 1.74 bits per heavy atom. The lowest BCUT2D eigenvalue weighted by Gasteiger charge is -2.05. The Balaban J connectivity index is 1.96. The lowest BCUT2D eigenvalue weighted by Crippen LogP contribution is -2.22. The van der Waals surface area contributed by atoms with Crippen LogP contribution >= 0.6 is 12.6 Å². The maximum atomic E-state index is 11.9. The number of nitrogens with zero attached hydrogens (tertiary/aromatic N) is 1. The first-order valence-corrected chi connectivity index (χ1v) is 6.20. The number of carbonyl (C=O) groups excluding carboxylic acids is 1. The van der Waals surface area contributed by atoms with Gasteiger partial charge in [-0.2, -0.15) is 5.26 Å². The van der Waals surface area contributed by atoms with Gasteiger partial charge in [-0.3, -0.25) is 4.79 Å². The van der Waals surface area contributed by atoms with Crippen LogP contribution in [0, 0.1) is 11.3 Å². The van der Waals surface area contributed by atoms with Gasteiger partial charge in [0.1, 0.15) is 0 Å². The van der Waals surface area contributed by atoms with Gasteiger partial charge in [-0.05, 0) is 42.0 Å². The molecule has 19 heavy (non-hydrogen) atoms. The van der Waals surface area contributed by atoms with E-state index in [1.54, 1.807) is 36.4 Å². The van der Waals surface area contributed by atoms with Crippen molar-refractivity contribution in [2.24, 2.45) is 0 Å². The number of carbonyl (C=O) groups is 1. The first kappa shape index (κ1) is 13.2. The maximum Gasteiger partial charge on any atom is 0.251 e. The largest absolute Gasteiger partial charge is 0.348 e. The summed E-state index contributed by atoms with van der Waals surface area (Å²) >= 11 is 4.17. The van der Waals surface area contributed by atoms with E-state index in [4.69, 9.17) is 5.26 Å². The zero-order valence-corrected chi connectivity index (χ0v) is 11.0. The number of nitriles is 1. The first-order valence-electron chi connectivity index (χ1n) is 5.75. The summed E-state index contributed by atoms with van der Waals surface area (Å²) in [6, 6.07) is 16.2. The Kier molecular flexibility index (Phi) is 4.22. The molecule has 0 aliphatic rings. The highest BCUT2D eigenvalue weighted by Crippen LogP contribution is 2.08. The van der Waals surface area contributed by atoms with Crippen LogP contribution in [0.2, 0.25) is 0 Å². The van der Waals surface area contributed by atoms with Crippen molar-refractivity contribution >= 4 is 18.5 Å². The topological polar surface area (TPSA) is 52.9 Å². The third-order valence-corrected chi connectivity index (χ3v) is 2.96. The van der Waals surface area contributed by atoms with E-state index < -0.39 is 0 Å². The molecule has 0 saturated heterocycles. The average molecular weight is 268 g/mol. The van der Waals surface area contributed by atoms with E-state index in [0.717, 1.165) is 10.5 Å². The van der Waals surface area contributed by atoms with E-state index in [2.05, 4.69) is 24.0 Å². The molecule has 0 heterocycles. The van der Waals surface area contributed by atoms with Gasteiger partial charge in [0.15, 0.2) is 0 Å². The van der Waals surface area contributed by atoms with Gasteiger partial charge in [-0.1, -0.05) is 12.1 Å². The molecule has 0 aliphatic carbocycles. The molecule has 3 nitrogen and oxygen atoms in total. The van der Waals surface area contributed by atoms with Gasteiger partial charge in [-0.25, -0.2) is 0 Å². The van der Waals surface area contributed by atoms with Crippen LogP contribution in [0.1, 0.15) is 21.5 Å². The Hall–Kier alpha value is -2.25. The molecule has 1 N–H and O–H groups in total. The highest BCUT2D eigenvalue weighted by atomic mass is 32.1. The maximum absolute atomic E-state index is 11.9. The van der Waals surface area contributed by atoms with E-state index in [1.165, 1.54) is 0 Å². The van der Waals surface area contributed by atoms with Crippen molar-refractivity contribution in [3.05, 3.63) is 65.2 Å². The SMILES string of the molecule is N#Cc1ccc(CNC(=O)c2ccc(S)cc2)cc1. The Morgan fingerprint density at radius 1 is 1.11 bits per heavy atom. The van der Waals surface area contributed by atoms with Crippen LogP contribution in [0.15, 0.2) is 53.4 Å². The minimum atomic E-state index is -0.127. The summed E-state index contributed by atoms with van der Waals surface area (Å²) in [4.78, 5) is 12.7. The molecule has 0 radical (unpaired) electrons. The second-order valence-electron chi connectivity index (χ2n) is 4.04. The second kappa shape index (κ2) is 6.07. The predicted molar refractivity (Wildman–Crippen MR) is 76.0 cm³/mol. The fourth-order valence-corrected chi connectivity index (χ4v) is 1.74. The van der Waals surface area contributed by atoms with E-state index >= 15 is 0 Å². The monoisotopic (exact) mass is 268 g/mol. The van der Waals surface area contributed by atoms with Crippen molar-refractivity contribution in [3.63, 3.8) is 0 Å². The first-order chi connectivity index (χ1) is 9.19. The molecule has 1 amide bonds. The van der Waals surface area contributed by atoms with Gasteiger partial charge in [-0.15, -0.1) is 12.6 Å². The average Bonchev–Trinajstić information content (AvgIpc) is 2.46. The highest BCUT2D eigenvalue weighted by Gasteiger charge is 2.04. The number of nitrogens with one attached hydrogen (secondary N) is 1. The van der Waals surface area contributed by atoms with Crippen molar-refractivity contribution in [2.75, 3.05) is 0 Å². The van der Waals surface area contributed by atoms with Crippen LogP contribution in [0.4, 0.5) is 0 Å². The van der Waals surface area contributed by atoms with Crippen molar-refractivity contribution in [3.8, 4) is 6.07 Å². The molecule has 0 aromatic heterocycles. The van der Waals surface area contributed by atoms with Crippen LogP contribution in [-0.2, 0) is 6.54 Å². The quantitative estimate of drug-likeness (QED) is 0.841. The molecule has 0 spiro atoms. The smallest absolute Gasteiger partial charge is 0.251 e. The zero-order chi connectivity index (χ0) is 13.7.